The molecule has 25 heavy (non-hydrogen) atoms. The Hall–Kier alpha value is -2.26. The predicted octanol–water partition coefficient (Wildman–Crippen LogP) is 5.30. The summed E-state index contributed by atoms with van der Waals surface area (Å²) in [6.07, 6.45) is -3.17. The molecule has 2 aromatic heterocycles. The van der Waals surface area contributed by atoms with Crippen molar-refractivity contribution in [2.24, 2.45) is 0 Å². The number of benzene rings is 1. The molecular formula is C16H11F3N2O2S2. The van der Waals surface area contributed by atoms with Crippen LogP contribution in [0.1, 0.15) is 21.8 Å². The van der Waals surface area contributed by atoms with Crippen LogP contribution in [0.2, 0.25) is 0 Å². The highest BCUT2D eigenvalue weighted by Crippen LogP contribution is 2.32. The van der Waals surface area contributed by atoms with E-state index in [1.807, 2.05) is 30.3 Å². The monoisotopic (exact) mass is 384 g/mol. The molecule has 0 unspecified atom stereocenters. The number of hydrogen-bond donors (Lipinski definition) is 1. The lowest BCUT2D eigenvalue weighted by molar-refractivity contribution is -0.140. The molecule has 4 nitrogen and oxygen atoms in total. The Balaban J connectivity index is 1.67. The minimum Gasteiger partial charge on any atom is -0.459 e. The van der Waals surface area contributed by atoms with Crippen LogP contribution in [0, 0.1) is 0 Å². The Morgan fingerprint density at radius 2 is 2.00 bits per heavy atom. The highest BCUT2D eigenvalue weighted by Gasteiger charge is 2.34. The molecule has 0 aliphatic rings. The van der Waals surface area contributed by atoms with Crippen LogP contribution in [0.25, 0.3) is 0 Å². The van der Waals surface area contributed by atoms with Crippen LogP contribution >= 0.6 is 23.1 Å². The second-order valence-electron chi connectivity index (χ2n) is 4.87. The number of thioether (sulfide) groups is 1. The van der Waals surface area contributed by atoms with E-state index in [2.05, 4.69) is 10.3 Å². The van der Waals surface area contributed by atoms with Gasteiger partial charge in [-0.3, -0.25) is 10.1 Å². The molecule has 1 amide bonds. The van der Waals surface area contributed by atoms with Crippen LogP contribution in [0.5, 0.6) is 0 Å². The number of thiazole rings is 1. The van der Waals surface area contributed by atoms with Crippen LogP contribution in [0.4, 0.5) is 18.3 Å². The van der Waals surface area contributed by atoms with Crippen molar-refractivity contribution in [2.75, 3.05) is 5.32 Å². The third-order valence-corrected chi connectivity index (χ3v) is 4.92. The lowest BCUT2D eigenvalue weighted by Gasteiger charge is -2.04. The molecule has 0 fully saturated rings. The number of carbonyl (C=O) groups is 1. The Morgan fingerprint density at radius 3 is 2.68 bits per heavy atom. The standard InChI is InChI=1S/C16H11F3N2O2S2/c17-16(18,19)12-9-25-15(20-12)21-14(22)13-10(6-7-23-13)8-24-11-4-2-1-3-5-11/h1-7,9H,8H2,(H,20,21,22). The van der Waals surface area contributed by atoms with Crippen molar-refractivity contribution >= 4 is 34.1 Å². The number of halogens is 3. The number of anilines is 1. The van der Waals surface area contributed by atoms with E-state index in [-0.39, 0.29) is 10.9 Å². The first-order valence-electron chi connectivity index (χ1n) is 7.02. The Bertz CT molecular complexity index is 860. The summed E-state index contributed by atoms with van der Waals surface area (Å²) in [5, 5.41) is 3.06. The summed E-state index contributed by atoms with van der Waals surface area (Å²) in [7, 11) is 0. The fraction of sp³-hybridized carbons (Fsp3) is 0.125. The van der Waals surface area contributed by atoms with Crippen LogP contribution in [-0.2, 0) is 11.9 Å². The van der Waals surface area contributed by atoms with Gasteiger partial charge in [0.25, 0.3) is 5.91 Å². The summed E-state index contributed by atoms with van der Waals surface area (Å²) >= 11 is 2.23. The zero-order valence-electron chi connectivity index (χ0n) is 12.5. The molecule has 0 aliphatic heterocycles. The van der Waals surface area contributed by atoms with E-state index < -0.39 is 17.8 Å². The van der Waals surface area contributed by atoms with Gasteiger partial charge in [0.2, 0.25) is 0 Å². The van der Waals surface area contributed by atoms with Crippen molar-refractivity contribution in [3.05, 3.63) is 65.1 Å². The normalized spacial score (nSPS) is 11.5. The van der Waals surface area contributed by atoms with E-state index >= 15 is 0 Å². The summed E-state index contributed by atoms with van der Waals surface area (Å²) in [4.78, 5) is 16.6. The molecule has 0 atom stereocenters. The molecule has 0 aliphatic carbocycles. The van der Waals surface area contributed by atoms with Gasteiger partial charge in [-0.2, -0.15) is 13.2 Å². The van der Waals surface area contributed by atoms with Gasteiger partial charge in [-0.15, -0.1) is 23.1 Å². The summed E-state index contributed by atoms with van der Waals surface area (Å²) in [6, 6.07) is 11.3. The highest BCUT2D eigenvalue weighted by atomic mass is 32.2. The van der Waals surface area contributed by atoms with E-state index in [1.54, 1.807) is 6.07 Å². The molecule has 130 valence electrons. The quantitative estimate of drug-likeness (QED) is 0.607. The van der Waals surface area contributed by atoms with Gasteiger partial charge in [0, 0.05) is 21.6 Å². The molecule has 1 aromatic carbocycles. The molecule has 9 heteroatoms. The largest absolute Gasteiger partial charge is 0.459 e. The minimum atomic E-state index is -4.54. The molecule has 0 bridgehead atoms. The molecule has 0 saturated heterocycles. The third-order valence-electron chi connectivity index (χ3n) is 3.11. The summed E-state index contributed by atoms with van der Waals surface area (Å²) in [5.41, 5.74) is -0.383. The SMILES string of the molecule is O=C(Nc1nc(C(F)(F)F)cs1)c1occc1CSc1ccccc1. The van der Waals surface area contributed by atoms with Crippen molar-refractivity contribution < 1.29 is 22.4 Å². The zero-order valence-corrected chi connectivity index (χ0v) is 14.2. The first-order chi connectivity index (χ1) is 11.9. The van der Waals surface area contributed by atoms with Gasteiger partial charge in [-0.1, -0.05) is 18.2 Å². The van der Waals surface area contributed by atoms with Gasteiger partial charge in [0.05, 0.1) is 6.26 Å². The number of alkyl halides is 3. The number of rotatable bonds is 5. The predicted molar refractivity (Wildman–Crippen MR) is 89.8 cm³/mol. The van der Waals surface area contributed by atoms with E-state index in [4.69, 9.17) is 4.42 Å². The van der Waals surface area contributed by atoms with E-state index in [0.29, 0.717) is 22.7 Å². The minimum absolute atomic E-state index is 0.0622. The van der Waals surface area contributed by atoms with Crippen molar-refractivity contribution in [2.45, 2.75) is 16.8 Å². The fourth-order valence-corrected chi connectivity index (χ4v) is 3.55. The van der Waals surface area contributed by atoms with Gasteiger partial charge >= 0.3 is 6.18 Å². The number of nitrogens with one attached hydrogen (secondary N) is 1. The highest BCUT2D eigenvalue weighted by molar-refractivity contribution is 7.98. The van der Waals surface area contributed by atoms with Gasteiger partial charge in [0.15, 0.2) is 16.6 Å². The average Bonchev–Trinajstić information content (AvgIpc) is 3.22. The van der Waals surface area contributed by atoms with Crippen LogP contribution < -0.4 is 5.32 Å². The number of furan rings is 1. The summed E-state index contributed by atoms with van der Waals surface area (Å²) in [5.74, 6) is -0.0708. The van der Waals surface area contributed by atoms with Crippen molar-refractivity contribution in [3.8, 4) is 0 Å². The first-order valence-corrected chi connectivity index (χ1v) is 8.88. The second kappa shape index (κ2) is 7.32. The maximum absolute atomic E-state index is 12.5. The van der Waals surface area contributed by atoms with Gasteiger partial charge in [0.1, 0.15) is 0 Å². The fourth-order valence-electron chi connectivity index (χ4n) is 1.94. The lowest BCUT2D eigenvalue weighted by Crippen LogP contribution is -2.13. The number of nitrogens with zero attached hydrogens (tertiary/aromatic N) is 1. The summed E-state index contributed by atoms with van der Waals surface area (Å²) in [6.45, 7) is 0. The smallest absolute Gasteiger partial charge is 0.434 e. The maximum atomic E-state index is 12.5. The average molecular weight is 384 g/mol. The molecular weight excluding hydrogens is 373 g/mol. The van der Waals surface area contributed by atoms with Gasteiger partial charge in [-0.05, 0) is 18.2 Å². The van der Waals surface area contributed by atoms with Crippen molar-refractivity contribution in [1.29, 1.82) is 0 Å². The molecule has 0 spiro atoms. The van der Waals surface area contributed by atoms with Gasteiger partial charge < -0.3 is 4.42 Å². The van der Waals surface area contributed by atoms with Crippen LogP contribution in [-0.4, -0.2) is 10.9 Å². The van der Waals surface area contributed by atoms with E-state index in [1.165, 1.54) is 18.0 Å². The molecule has 0 radical (unpaired) electrons. The number of carbonyl (C=O) groups excluding carboxylic acids is 1. The van der Waals surface area contributed by atoms with E-state index in [9.17, 15) is 18.0 Å². The number of amides is 1. The maximum Gasteiger partial charge on any atom is 0.434 e. The topological polar surface area (TPSA) is 55.1 Å². The zero-order chi connectivity index (χ0) is 17.9. The third kappa shape index (κ3) is 4.43. The van der Waals surface area contributed by atoms with Crippen molar-refractivity contribution in [3.63, 3.8) is 0 Å². The Labute approximate surface area is 149 Å². The first kappa shape index (κ1) is 17.6. The van der Waals surface area contributed by atoms with E-state index in [0.717, 1.165) is 10.3 Å². The van der Waals surface area contributed by atoms with Crippen LogP contribution in [0.15, 0.2) is 57.4 Å². The molecule has 1 N–H and O–H groups in total. The molecule has 2 heterocycles. The van der Waals surface area contributed by atoms with Gasteiger partial charge in [-0.25, -0.2) is 4.98 Å². The molecule has 3 rings (SSSR count). The summed E-state index contributed by atoms with van der Waals surface area (Å²) < 4.78 is 42.8. The number of hydrogen-bond acceptors (Lipinski definition) is 5. The van der Waals surface area contributed by atoms with Crippen LogP contribution in [0.3, 0.4) is 0 Å². The second-order valence-corrected chi connectivity index (χ2v) is 6.77. The lowest BCUT2D eigenvalue weighted by atomic mass is 10.3. The Morgan fingerprint density at radius 1 is 1.24 bits per heavy atom. The Kier molecular flexibility index (Phi) is 5.14. The molecule has 3 aromatic rings. The number of aromatic nitrogens is 1. The molecule has 0 saturated carbocycles. The van der Waals surface area contributed by atoms with Crippen molar-refractivity contribution in [1.82, 2.24) is 4.98 Å².